The van der Waals surface area contributed by atoms with E-state index in [2.05, 4.69) is 20.4 Å². The Balaban J connectivity index is 2.17. The van der Waals surface area contributed by atoms with Crippen molar-refractivity contribution in [3.63, 3.8) is 0 Å². The Morgan fingerprint density at radius 1 is 1.44 bits per heavy atom. The van der Waals surface area contributed by atoms with Crippen molar-refractivity contribution < 1.29 is 19.0 Å². The van der Waals surface area contributed by atoms with Crippen LogP contribution in [-0.2, 0) is 19.0 Å². The topological polar surface area (TPSA) is 44.8 Å². The zero-order valence-corrected chi connectivity index (χ0v) is 10.0. The van der Waals surface area contributed by atoms with E-state index < -0.39 is 0 Å². The highest BCUT2D eigenvalue weighted by atomic mass is 16.7. The van der Waals surface area contributed by atoms with Gasteiger partial charge < -0.3 is 14.2 Å². The van der Waals surface area contributed by atoms with E-state index in [-0.39, 0.29) is 12.3 Å². The maximum absolute atomic E-state index is 11.5. The lowest BCUT2D eigenvalue weighted by molar-refractivity contribution is -0.140. The summed E-state index contributed by atoms with van der Waals surface area (Å²) < 4.78 is 15.5. The SMILES string of the molecule is C=C(CC1OCCO1)C(=O)OCCC(C)C. The molecule has 16 heavy (non-hydrogen) atoms. The summed E-state index contributed by atoms with van der Waals surface area (Å²) >= 11 is 0. The van der Waals surface area contributed by atoms with E-state index in [1.807, 2.05) is 0 Å². The summed E-state index contributed by atoms with van der Waals surface area (Å²) in [4.78, 5) is 11.5. The zero-order valence-electron chi connectivity index (χ0n) is 10.0. The van der Waals surface area contributed by atoms with Crippen LogP contribution in [0.15, 0.2) is 12.2 Å². The average molecular weight is 228 g/mol. The number of esters is 1. The number of hydrogen-bond acceptors (Lipinski definition) is 4. The zero-order chi connectivity index (χ0) is 12.0. The Kier molecular flexibility index (Phi) is 5.49. The van der Waals surface area contributed by atoms with E-state index in [1.54, 1.807) is 0 Å². The molecule has 1 rings (SSSR count). The minimum Gasteiger partial charge on any atom is -0.462 e. The molecular weight excluding hydrogens is 208 g/mol. The molecule has 0 aromatic carbocycles. The molecule has 0 spiro atoms. The minimum absolute atomic E-state index is 0.329. The fourth-order valence-electron chi connectivity index (χ4n) is 1.30. The van der Waals surface area contributed by atoms with E-state index in [1.165, 1.54) is 0 Å². The van der Waals surface area contributed by atoms with Crippen molar-refractivity contribution in [2.45, 2.75) is 33.0 Å². The van der Waals surface area contributed by atoms with Gasteiger partial charge in [0, 0.05) is 12.0 Å². The van der Waals surface area contributed by atoms with Crippen LogP contribution in [0.25, 0.3) is 0 Å². The normalized spacial score (nSPS) is 16.7. The Labute approximate surface area is 96.6 Å². The molecule has 0 atom stereocenters. The summed E-state index contributed by atoms with van der Waals surface area (Å²) in [6.07, 6.45) is 0.931. The molecule has 4 nitrogen and oxygen atoms in total. The lowest BCUT2D eigenvalue weighted by atomic mass is 10.1. The number of carbonyl (C=O) groups is 1. The van der Waals surface area contributed by atoms with Gasteiger partial charge in [0.1, 0.15) is 0 Å². The van der Waals surface area contributed by atoms with Gasteiger partial charge >= 0.3 is 5.97 Å². The third kappa shape index (κ3) is 4.77. The number of carbonyl (C=O) groups excluding carboxylic acids is 1. The molecule has 0 amide bonds. The lowest BCUT2D eigenvalue weighted by Gasteiger charge is -2.11. The fourth-order valence-corrected chi connectivity index (χ4v) is 1.30. The average Bonchev–Trinajstić information content (AvgIpc) is 2.69. The van der Waals surface area contributed by atoms with Crippen LogP contribution in [-0.4, -0.2) is 32.1 Å². The second kappa shape index (κ2) is 6.66. The van der Waals surface area contributed by atoms with Gasteiger partial charge in [-0.3, -0.25) is 0 Å². The molecule has 0 aromatic rings. The summed E-state index contributed by atoms with van der Waals surface area (Å²) in [7, 11) is 0. The molecule has 0 aliphatic carbocycles. The van der Waals surface area contributed by atoms with Crippen molar-refractivity contribution in [2.75, 3.05) is 19.8 Å². The minimum atomic E-state index is -0.347. The second-order valence-corrected chi connectivity index (χ2v) is 4.30. The maximum atomic E-state index is 11.5. The van der Waals surface area contributed by atoms with Crippen molar-refractivity contribution >= 4 is 5.97 Å². The van der Waals surface area contributed by atoms with Crippen molar-refractivity contribution in [1.82, 2.24) is 0 Å². The molecule has 1 heterocycles. The van der Waals surface area contributed by atoms with Crippen LogP contribution in [0.2, 0.25) is 0 Å². The molecule has 92 valence electrons. The van der Waals surface area contributed by atoms with E-state index in [0.717, 1.165) is 6.42 Å². The molecule has 1 aliphatic rings. The first kappa shape index (κ1) is 13.2. The number of ether oxygens (including phenoxy) is 3. The Bertz CT molecular complexity index is 241. The van der Waals surface area contributed by atoms with Crippen molar-refractivity contribution in [1.29, 1.82) is 0 Å². The molecule has 0 radical (unpaired) electrons. The first-order chi connectivity index (χ1) is 7.59. The molecule has 1 saturated heterocycles. The predicted molar refractivity (Wildman–Crippen MR) is 59.9 cm³/mol. The second-order valence-electron chi connectivity index (χ2n) is 4.30. The van der Waals surface area contributed by atoms with Crippen molar-refractivity contribution in [3.05, 3.63) is 12.2 Å². The Morgan fingerprint density at radius 2 is 2.06 bits per heavy atom. The summed E-state index contributed by atoms with van der Waals surface area (Å²) in [5.74, 6) is 0.183. The molecule has 0 bridgehead atoms. The first-order valence-corrected chi connectivity index (χ1v) is 5.67. The van der Waals surface area contributed by atoms with Crippen LogP contribution in [0.5, 0.6) is 0 Å². The van der Waals surface area contributed by atoms with Crippen LogP contribution in [0, 0.1) is 5.92 Å². The molecule has 0 N–H and O–H groups in total. The quantitative estimate of drug-likeness (QED) is 0.514. The van der Waals surface area contributed by atoms with Gasteiger partial charge in [0.2, 0.25) is 0 Å². The van der Waals surface area contributed by atoms with Crippen LogP contribution in [0.1, 0.15) is 26.7 Å². The van der Waals surface area contributed by atoms with Gasteiger partial charge in [0.05, 0.1) is 19.8 Å². The highest BCUT2D eigenvalue weighted by molar-refractivity contribution is 5.87. The number of rotatable bonds is 6. The maximum Gasteiger partial charge on any atom is 0.333 e. The van der Waals surface area contributed by atoms with Crippen LogP contribution in [0.3, 0.4) is 0 Å². The van der Waals surface area contributed by atoms with Crippen molar-refractivity contribution in [2.24, 2.45) is 5.92 Å². The molecule has 4 heteroatoms. The first-order valence-electron chi connectivity index (χ1n) is 5.67. The Morgan fingerprint density at radius 3 is 2.62 bits per heavy atom. The monoisotopic (exact) mass is 228 g/mol. The van der Waals surface area contributed by atoms with Gasteiger partial charge in [-0.2, -0.15) is 0 Å². The van der Waals surface area contributed by atoms with Gasteiger partial charge in [-0.25, -0.2) is 4.79 Å². The third-order valence-corrected chi connectivity index (χ3v) is 2.32. The van der Waals surface area contributed by atoms with Gasteiger partial charge in [-0.1, -0.05) is 20.4 Å². The van der Waals surface area contributed by atoms with Crippen LogP contribution >= 0.6 is 0 Å². The van der Waals surface area contributed by atoms with E-state index in [9.17, 15) is 4.79 Å². The fraction of sp³-hybridized carbons (Fsp3) is 0.750. The van der Waals surface area contributed by atoms with Crippen LogP contribution in [0.4, 0.5) is 0 Å². The molecule has 0 unspecified atom stereocenters. The molecule has 1 fully saturated rings. The molecule has 1 aliphatic heterocycles. The van der Waals surface area contributed by atoms with Crippen LogP contribution < -0.4 is 0 Å². The smallest absolute Gasteiger partial charge is 0.333 e. The highest BCUT2D eigenvalue weighted by Crippen LogP contribution is 2.14. The van der Waals surface area contributed by atoms with E-state index in [4.69, 9.17) is 14.2 Å². The lowest BCUT2D eigenvalue weighted by Crippen LogP contribution is -2.15. The Hall–Kier alpha value is -0.870. The summed E-state index contributed by atoms with van der Waals surface area (Å²) in [6.45, 7) is 9.47. The van der Waals surface area contributed by atoms with Gasteiger partial charge in [-0.15, -0.1) is 0 Å². The summed E-state index contributed by atoms with van der Waals surface area (Å²) in [5.41, 5.74) is 0.413. The predicted octanol–water partition coefficient (Wildman–Crippen LogP) is 1.89. The van der Waals surface area contributed by atoms with E-state index >= 15 is 0 Å². The van der Waals surface area contributed by atoms with E-state index in [0.29, 0.717) is 37.7 Å². The van der Waals surface area contributed by atoms with Gasteiger partial charge in [-0.05, 0) is 12.3 Å². The molecule has 0 saturated carbocycles. The van der Waals surface area contributed by atoms with Gasteiger partial charge in [0.25, 0.3) is 0 Å². The third-order valence-electron chi connectivity index (χ3n) is 2.32. The van der Waals surface area contributed by atoms with Crippen molar-refractivity contribution in [3.8, 4) is 0 Å². The molecular formula is C12H20O4. The van der Waals surface area contributed by atoms with Gasteiger partial charge in [0.15, 0.2) is 6.29 Å². The number of hydrogen-bond donors (Lipinski definition) is 0. The largest absolute Gasteiger partial charge is 0.462 e. The summed E-state index contributed by atoms with van der Waals surface area (Å²) in [5, 5.41) is 0. The standard InChI is InChI=1S/C12H20O4/c1-9(2)4-5-16-12(13)10(3)8-11-14-6-7-15-11/h9,11H,3-8H2,1-2H3. The molecule has 0 aromatic heterocycles. The highest BCUT2D eigenvalue weighted by Gasteiger charge is 2.20. The summed E-state index contributed by atoms with van der Waals surface area (Å²) in [6, 6.07) is 0.